The Kier molecular flexibility index (Phi) is 6.81. The average Bonchev–Trinajstić information content (AvgIpc) is 3.77. The van der Waals surface area contributed by atoms with E-state index in [1.165, 1.54) is 5.56 Å². The number of para-hydroxylation sites is 2. The third-order valence-electron chi connectivity index (χ3n) is 9.87. The summed E-state index contributed by atoms with van der Waals surface area (Å²) in [5, 5.41) is 4.47. The molecule has 3 nitrogen and oxygen atoms in total. The van der Waals surface area contributed by atoms with Crippen LogP contribution in [0.25, 0.3) is 77.3 Å². The topological polar surface area (TPSA) is 29.5 Å². The first kappa shape index (κ1) is 29.1. The predicted molar refractivity (Wildman–Crippen MR) is 212 cm³/mol. The van der Waals surface area contributed by atoms with Gasteiger partial charge in [-0.3, -0.25) is 0 Å². The molecular weight excluding hydrogens is 623 g/mol. The van der Waals surface area contributed by atoms with Gasteiger partial charge >= 0.3 is 0 Å². The number of anilines is 3. The van der Waals surface area contributed by atoms with Gasteiger partial charge in [-0.1, -0.05) is 127 Å². The summed E-state index contributed by atoms with van der Waals surface area (Å²) < 4.78 is 12.8. The first-order valence-electron chi connectivity index (χ1n) is 17.2. The highest BCUT2D eigenvalue weighted by Gasteiger charge is 2.17. The van der Waals surface area contributed by atoms with E-state index in [0.29, 0.717) is 0 Å². The van der Waals surface area contributed by atoms with Crippen molar-refractivity contribution in [3.63, 3.8) is 0 Å². The fourth-order valence-electron chi connectivity index (χ4n) is 7.38. The van der Waals surface area contributed by atoms with Gasteiger partial charge in [0.1, 0.15) is 22.3 Å². The van der Waals surface area contributed by atoms with Gasteiger partial charge in [-0.15, -0.1) is 0 Å². The molecule has 0 saturated heterocycles. The molecule has 0 unspecified atom stereocenters. The monoisotopic (exact) mass is 653 g/mol. The fourth-order valence-corrected chi connectivity index (χ4v) is 7.38. The van der Waals surface area contributed by atoms with Crippen molar-refractivity contribution in [3.05, 3.63) is 188 Å². The molecule has 0 atom stereocenters. The van der Waals surface area contributed by atoms with Crippen molar-refractivity contribution in [3.8, 4) is 33.4 Å². The van der Waals surface area contributed by atoms with E-state index in [2.05, 4.69) is 175 Å². The van der Waals surface area contributed by atoms with E-state index in [9.17, 15) is 0 Å². The Morgan fingerprint density at radius 2 is 0.882 bits per heavy atom. The minimum absolute atomic E-state index is 0.866. The van der Waals surface area contributed by atoms with E-state index in [1.54, 1.807) is 0 Å². The zero-order chi connectivity index (χ0) is 33.7. The molecule has 0 N–H and O–H groups in total. The zero-order valence-electron chi connectivity index (χ0n) is 27.7. The molecule has 0 spiro atoms. The maximum absolute atomic E-state index is 6.45. The van der Waals surface area contributed by atoms with Gasteiger partial charge < -0.3 is 13.7 Å². The van der Waals surface area contributed by atoms with Crippen molar-refractivity contribution in [1.29, 1.82) is 0 Å². The summed E-state index contributed by atoms with van der Waals surface area (Å²) in [5.74, 6) is 0. The number of fused-ring (bicyclic) bond motifs is 6. The van der Waals surface area contributed by atoms with Gasteiger partial charge in [0.05, 0.1) is 0 Å². The Hall–Kier alpha value is -6.84. The van der Waals surface area contributed by atoms with E-state index < -0.39 is 0 Å². The number of hydrogen-bond donors (Lipinski definition) is 0. The molecule has 0 aliphatic rings. The molecule has 10 rings (SSSR count). The first-order chi connectivity index (χ1) is 25.3. The first-order valence-corrected chi connectivity index (χ1v) is 17.2. The largest absolute Gasteiger partial charge is 0.456 e. The van der Waals surface area contributed by atoms with Gasteiger partial charge in [0.15, 0.2) is 0 Å². The predicted octanol–water partition coefficient (Wildman–Crippen LogP) is 14.0. The lowest BCUT2D eigenvalue weighted by Crippen LogP contribution is -2.10. The van der Waals surface area contributed by atoms with E-state index in [4.69, 9.17) is 8.83 Å². The van der Waals surface area contributed by atoms with E-state index >= 15 is 0 Å². The molecule has 0 saturated carbocycles. The quantitative estimate of drug-likeness (QED) is 0.179. The molecule has 2 aromatic heterocycles. The van der Waals surface area contributed by atoms with Crippen LogP contribution >= 0.6 is 0 Å². The van der Waals surface area contributed by atoms with E-state index in [1.807, 2.05) is 18.2 Å². The molecule has 2 heterocycles. The molecule has 51 heavy (non-hydrogen) atoms. The normalized spacial score (nSPS) is 11.5. The Morgan fingerprint density at radius 1 is 0.294 bits per heavy atom. The van der Waals surface area contributed by atoms with Crippen molar-refractivity contribution in [2.24, 2.45) is 0 Å². The van der Waals surface area contributed by atoms with Crippen LogP contribution in [0, 0.1) is 0 Å². The van der Waals surface area contributed by atoms with Crippen molar-refractivity contribution < 1.29 is 8.83 Å². The summed E-state index contributed by atoms with van der Waals surface area (Å²) in [4.78, 5) is 2.31. The molecule has 0 bridgehead atoms. The van der Waals surface area contributed by atoms with Crippen LogP contribution in [0.3, 0.4) is 0 Å². The number of rotatable bonds is 6. The van der Waals surface area contributed by atoms with Crippen LogP contribution in [0.1, 0.15) is 0 Å². The second-order valence-electron chi connectivity index (χ2n) is 12.9. The van der Waals surface area contributed by atoms with Crippen LogP contribution < -0.4 is 4.90 Å². The Labute approximate surface area is 295 Å². The van der Waals surface area contributed by atoms with Gasteiger partial charge in [0.2, 0.25) is 0 Å². The SMILES string of the molecule is c1ccc(-c2cccc(N(c3ccc(-c4ccc5oc6c(-c7ccccc7)cccc6c5c4)cc3)c3ccc4c(c3)oc3ccccc34)c2)cc1. The van der Waals surface area contributed by atoms with Gasteiger partial charge in [0.25, 0.3) is 0 Å². The maximum atomic E-state index is 6.45. The van der Waals surface area contributed by atoms with Crippen molar-refractivity contribution in [2.45, 2.75) is 0 Å². The Balaban J connectivity index is 1.07. The van der Waals surface area contributed by atoms with Gasteiger partial charge in [-0.05, 0) is 82.4 Å². The van der Waals surface area contributed by atoms with Gasteiger partial charge in [-0.2, -0.15) is 0 Å². The highest BCUT2D eigenvalue weighted by atomic mass is 16.3. The molecule has 0 amide bonds. The van der Waals surface area contributed by atoms with Crippen LogP contribution in [0.5, 0.6) is 0 Å². The van der Waals surface area contributed by atoms with Crippen LogP contribution in [0.2, 0.25) is 0 Å². The maximum Gasteiger partial charge on any atom is 0.143 e. The highest BCUT2D eigenvalue weighted by molar-refractivity contribution is 6.10. The summed E-state index contributed by atoms with van der Waals surface area (Å²) in [6, 6.07) is 66.2. The smallest absolute Gasteiger partial charge is 0.143 e. The number of benzene rings is 8. The van der Waals surface area contributed by atoms with Crippen LogP contribution in [-0.4, -0.2) is 0 Å². The Bertz CT molecular complexity index is 2850. The molecule has 0 aliphatic heterocycles. The van der Waals surface area contributed by atoms with E-state index in [-0.39, 0.29) is 0 Å². The average molecular weight is 654 g/mol. The standard InChI is InChI=1S/C48H31NO2/c1-3-11-32(12-4-1)35-15-9-16-38(29-35)49(39-26-27-42-41-17-7-8-20-45(41)50-47(42)31-39)37-24-21-33(22-25-37)36-23-28-46-44(30-36)43-19-10-18-40(48(43)51-46)34-13-5-2-6-14-34/h1-31H. The minimum atomic E-state index is 0.866. The zero-order valence-corrected chi connectivity index (χ0v) is 27.7. The van der Waals surface area contributed by atoms with Crippen molar-refractivity contribution in [1.82, 2.24) is 0 Å². The summed E-state index contributed by atoms with van der Waals surface area (Å²) in [7, 11) is 0. The second-order valence-corrected chi connectivity index (χ2v) is 12.9. The lowest BCUT2D eigenvalue weighted by molar-refractivity contribution is 0.669. The molecule has 0 radical (unpaired) electrons. The van der Waals surface area contributed by atoms with Crippen LogP contribution in [0.15, 0.2) is 197 Å². The molecular formula is C48H31NO2. The lowest BCUT2D eigenvalue weighted by Gasteiger charge is -2.26. The van der Waals surface area contributed by atoms with Crippen molar-refractivity contribution >= 4 is 60.9 Å². The summed E-state index contributed by atoms with van der Waals surface area (Å²) in [6.07, 6.45) is 0. The second kappa shape index (κ2) is 11.9. The third kappa shape index (κ3) is 5.06. The van der Waals surface area contributed by atoms with Crippen molar-refractivity contribution in [2.75, 3.05) is 4.90 Å². The van der Waals surface area contributed by atoms with E-state index in [0.717, 1.165) is 88.8 Å². The molecule has 0 aliphatic carbocycles. The third-order valence-corrected chi connectivity index (χ3v) is 9.87. The lowest BCUT2D eigenvalue weighted by atomic mass is 10.00. The molecule has 8 aromatic carbocycles. The molecule has 10 aromatic rings. The van der Waals surface area contributed by atoms with Gasteiger partial charge in [0, 0.05) is 50.2 Å². The highest BCUT2D eigenvalue weighted by Crippen LogP contribution is 2.41. The van der Waals surface area contributed by atoms with Gasteiger partial charge in [-0.25, -0.2) is 0 Å². The summed E-state index contributed by atoms with van der Waals surface area (Å²) in [6.45, 7) is 0. The Morgan fingerprint density at radius 3 is 1.73 bits per heavy atom. The molecule has 240 valence electrons. The number of furan rings is 2. The number of hydrogen-bond acceptors (Lipinski definition) is 3. The molecule has 3 heteroatoms. The van der Waals surface area contributed by atoms with Crippen LogP contribution in [-0.2, 0) is 0 Å². The van der Waals surface area contributed by atoms with Crippen LogP contribution in [0.4, 0.5) is 17.1 Å². The fraction of sp³-hybridized carbons (Fsp3) is 0. The summed E-state index contributed by atoms with van der Waals surface area (Å²) >= 11 is 0. The summed E-state index contributed by atoms with van der Waals surface area (Å²) in [5.41, 5.74) is 13.6. The number of nitrogens with zero attached hydrogens (tertiary/aromatic N) is 1. The minimum Gasteiger partial charge on any atom is -0.456 e. The molecule has 0 fully saturated rings.